The molecule has 0 aliphatic heterocycles. The highest BCUT2D eigenvalue weighted by Crippen LogP contribution is 2.17. The molecule has 1 aliphatic carbocycles. The van der Waals surface area contributed by atoms with E-state index >= 15 is 0 Å². The van der Waals surface area contributed by atoms with Gasteiger partial charge in [-0.05, 0) is 37.0 Å². The molecule has 2 rings (SSSR count). The molecule has 1 N–H and O–H groups in total. The van der Waals surface area contributed by atoms with Crippen LogP contribution in [-0.2, 0) is 16.0 Å². The molecule has 0 unspecified atom stereocenters. The van der Waals surface area contributed by atoms with E-state index < -0.39 is 0 Å². The van der Waals surface area contributed by atoms with Crippen molar-refractivity contribution in [3.05, 3.63) is 35.6 Å². The van der Waals surface area contributed by atoms with Gasteiger partial charge in [0, 0.05) is 19.1 Å². The Balaban J connectivity index is 1.91. The van der Waals surface area contributed by atoms with E-state index in [4.69, 9.17) is 0 Å². The molecule has 6 heteroatoms. The van der Waals surface area contributed by atoms with Gasteiger partial charge in [0.2, 0.25) is 0 Å². The number of carbonyl (C=O) groups excluding carboxylic acids is 2. The predicted molar refractivity (Wildman–Crippen MR) is 93.7 cm³/mol. The summed E-state index contributed by atoms with van der Waals surface area (Å²) in [6, 6.07) is 6.33. The quantitative estimate of drug-likeness (QED) is 0.768. The molecule has 25 heavy (non-hydrogen) atoms. The number of nitrogens with one attached hydrogen (secondary N) is 1. The zero-order valence-corrected chi connectivity index (χ0v) is 14.8. The molecular weight excluding hydrogens is 323 g/mol. The highest BCUT2D eigenvalue weighted by atomic mass is 19.1. The molecule has 1 aromatic rings. The van der Waals surface area contributed by atoms with Gasteiger partial charge in [-0.1, -0.05) is 31.4 Å². The van der Waals surface area contributed by atoms with Crippen molar-refractivity contribution < 1.29 is 18.7 Å². The molecule has 0 spiro atoms. The Kier molecular flexibility index (Phi) is 7.70. The van der Waals surface area contributed by atoms with Crippen molar-refractivity contribution >= 4 is 12.0 Å². The third-order valence-electron chi connectivity index (χ3n) is 4.62. The van der Waals surface area contributed by atoms with Crippen LogP contribution in [0.3, 0.4) is 0 Å². The van der Waals surface area contributed by atoms with Crippen LogP contribution in [0.4, 0.5) is 9.18 Å². The van der Waals surface area contributed by atoms with Gasteiger partial charge in [0.05, 0.1) is 13.5 Å². The number of methoxy groups -OCH3 is 1. The van der Waals surface area contributed by atoms with Gasteiger partial charge in [0.25, 0.3) is 0 Å². The Bertz CT molecular complexity index is 556. The van der Waals surface area contributed by atoms with Gasteiger partial charge in [-0.3, -0.25) is 4.79 Å². The van der Waals surface area contributed by atoms with E-state index in [0.29, 0.717) is 19.5 Å². The van der Waals surface area contributed by atoms with Crippen molar-refractivity contribution in [3.63, 3.8) is 0 Å². The minimum Gasteiger partial charge on any atom is -0.469 e. The van der Waals surface area contributed by atoms with Gasteiger partial charge in [-0.25, -0.2) is 9.18 Å². The zero-order chi connectivity index (χ0) is 18.1. The molecule has 0 saturated heterocycles. The summed E-state index contributed by atoms with van der Waals surface area (Å²) in [6.07, 6.45) is 6.30. The van der Waals surface area contributed by atoms with E-state index in [1.54, 1.807) is 17.0 Å². The average molecular weight is 350 g/mol. The number of rotatable bonds is 7. The molecule has 138 valence electrons. The zero-order valence-electron chi connectivity index (χ0n) is 14.8. The molecule has 1 aliphatic rings. The van der Waals surface area contributed by atoms with E-state index in [-0.39, 0.29) is 30.3 Å². The number of halogens is 1. The SMILES string of the molecule is COC(=O)CCN(CCc1ccc(F)cc1)C(=O)NC1CCCCC1. The molecule has 5 nitrogen and oxygen atoms in total. The number of urea groups is 1. The third kappa shape index (κ3) is 6.72. The lowest BCUT2D eigenvalue weighted by molar-refractivity contribution is -0.140. The first kappa shape index (κ1) is 19.2. The lowest BCUT2D eigenvalue weighted by Gasteiger charge is -2.28. The van der Waals surface area contributed by atoms with Crippen LogP contribution in [0.2, 0.25) is 0 Å². The van der Waals surface area contributed by atoms with E-state index in [2.05, 4.69) is 10.1 Å². The Morgan fingerprint density at radius 1 is 1.16 bits per heavy atom. The second kappa shape index (κ2) is 10.0. The van der Waals surface area contributed by atoms with Crippen molar-refractivity contribution in [1.29, 1.82) is 0 Å². The molecule has 0 radical (unpaired) electrons. The van der Waals surface area contributed by atoms with Gasteiger partial charge in [-0.15, -0.1) is 0 Å². The van der Waals surface area contributed by atoms with Gasteiger partial charge < -0.3 is 15.0 Å². The maximum Gasteiger partial charge on any atom is 0.317 e. The summed E-state index contributed by atoms with van der Waals surface area (Å²) in [5.74, 6) is -0.612. The van der Waals surface area contributed by atoms with Crippen LogP contribution in [0.15, 0.2) is 24.3 Å². The molecule has 1 aromatic carbocycles. The van der Waals surface area contributed by atoms with E-state index in [1.165, 1.54) is 25.7 Å². The lowest BCUT2D eigenvalue weighted by atomic mass is 9.96. The summed E-state index contributed by atoms with van der Waals surface area (Å²) in [7, 11) is 1.34. The minimum absolute atomic E-state index is 0.141. The maximum absolute atomic E-state index is 13.0. The number of esters is 1. The normalized spacial score (nSPS) is 14.8. The van der Waals surface area contributed by atoms with Crippen molar-refractivity contribution in [2.24, 2.45) is 0 Å². The summed E-state index contributed by atoms with van der Waals surface area (Å²) < 4.78 is 17.7. The van der Waals surface area contributed by atoms with Crippen LogP contribution in [0, 0.1) is 5.82 Å². The summed E-state index contributed by atoms with van der Waals surface area (Å²) in [4.78, 5) is 25.7. The molecular formula is C19H27FN2O3. The van der Waals surface area contributed by atoms with E-state index in [1.807, 2.05) is 0 Å². The van der Waals surface area contributed by atoms with Crippen LogP contribution in [0.1, 0.15) is 44.1 Å². The van der Waals surface area contributed by atoms with Gasteiger partial charge in [0.15, 0.2) is 0 Å². The highest BCUT2D eigenvalue weighted by Gasteiger charge is 2.20. The van der Waals surface area contributed by atoms with E-state index in [0.717, 1.165) is 31.2 Å². The van der Waals surface area contributed by atoms with Crippen LogP contribution in [-0.4, -0.2) is 43.1 Å². The van der Waals surface area contributed by atoms with Crippen LogP contribution < -0.4 is 5.32 Å². The molecule has 0 bridgehead atoms. The topological polar surface area (TPSA) is 58.6 Å². The summed E-state index contributed by atoms with van der Waals surface area (Å²) in [5, 5.41) is 3.08. The van der Waals surface area contributed by atoms with Gasteiger partial charge in [-0.2, -0.15) is 0 Å². The Morgan fingerprint density at radius 2 is 1.84 bits per heavy atom. The summed E-state index contributed by atoms with van der Waals surface area (Å²) in [5.41, 5.74) is 0.954. The Morgan fingerprint density at radius 3 is 2.48 bits per heavy atom. The molecule has 1 fully saturated rings. The fourth-order valence-electron chi connectivity index (χ4n) is 3.07. The highest BCUT2D eigenvalue weighted by molar-refractivity contribution is 5.76. The number of nitrogens with zero attached hydrogens (tertiary/aromatic N) is 1. The number of ether oxygens (including phenoxy) is 1. The molecule has 0 heterocycles. The Hall–Kier alpha value is -2.11. The number of amides is 2. The van der Waals surface area contributed by atoms with Gasteiger partial charge >= 0.3 is 12.0 Å². The Labute approximate surface area is 148 Å². The number of hydrogen-bond donors (Lipinski definition) is 1. The predicted octanol–water partition coefficient (Wildman–Crippen LogP) is 3.28. The first-order valence-corrected chi connectivity index (χ1v) is 8.95. The monoisotopic (exact) mass is 350 g/mol. The number of benzene rings is 1. The minimum atomic E-state index is -0.336. The lowest BCUT2D eigenvalue weighted by Crippen LogP contribution is -2.46. The average Bonchev–Trinajstić information content (AvgIpc) is 2.63. The van der Waals surface area contributed by atoms with Crippen molar-refractivity contribution in [1.82, 2.24) is 10.2 Å². The van der Waals surface area contributed by atoms with Crippen LogP contribution >= 0.6 is 0 Å². The second-order valence-corrected chi connectivity index (χ2v) is 6.47. The molecule has 0 atom stereocenters. The fraction of sp³-hybridized carbons (Fsp3) is 0.579. The van der Waals surface area contributed by atoms with Gasteiger partial charge in [0.1, 0.15) is 5.82 Å². The first-order valence-electron chi connectivity index (χ1n) is 8.95. The van der Waals surface area contributed by atoms with Crippen molar-refractivity contribution in [2.45, 2.75) is 51.0 Å². The largest absolute Gasteiger partial charge is 0.469 e. The number of hydrogen-bond acceptors (Lipinski definition) is 3. The van der Waals surface area contributed by atoms with Crippen molar-refractivity contribution in [3.8, 4) is 0 Å². The van der Waals surface area contributed by atoms with Crippen molar-refractivity contribution in [2.75, 3.05) is 20.2 Å². The smallest absolute Gasteiger partial charge is 0.317 e. The third-order valence-corrected chi connectivity index (χ3v) is 4.62. The van der Waals surface area contributed by atoms with E-state index in [9.17, 15) is 14.0 Å². The summed E-state index contributed by atoms with van der Waals surface area (Å²) in [6.45, 7) is 0.785. The molecule has 0 aromatic heterocycles. The van der Waals surface area contributed by atoms with Crippen LogP contribution in [0.5, 0.6) is 0 Å². The standard InChI is InChI=1S/C19H27FN2O3/c1-25-18(23)12-14-22(13-11-15-7-9-16(20)10-8-15)19(24)21-17-5-3-2-4-6-17/h7-10,17H,2-6,11-14H2,1H3,(H,21,24). The molecule has 2 amide bonds. The summed E-state index contributed by atoms with van der Waals surface area (Å²) >= 11 is 0. The number of carbonyl (C=O) groups is 2. The fourth-order valence-corrected chi connectivity index (χ4v) is 3.07. The molecule has 1 saturated carbocycles. The maximum atomic E-state index is 13.0. The van der Waals surface area contributed by atoms with Crippen LogP contribution in [0.25, 0.3) is 0 Å². The first-order chi connectivity index (χ1) is 12.1. The second-order valence-electron chi connectivity index (χ2n) is 6.47.